The lowest BCUT2D eigenvalue weighted by molar-refractivity contribution is -0.137. The molecule has 2 saturated heterocycles. The Morgan fingerprint density at radius 1 is 1.50 bits per heavy atom. The van der Waals surface area contributed by atoms with E-state index < -0.39 is 11.9 Å². The van der Waals surface area contributed by atoms with Gasteiger partial charge < -0.3 is 10.1 Å². The van der Waals surface area contributed by atoms with Crippen molar-refractivity contribution in [1.82, 2.24) is 15.5 Å². The lowest BCUT2D eigenvalue weighted by Crippen LogP contribution is -2.54. The van der Waals surface area contributed by atoms with Crippen LogP contribution in [-0.4, -0.2) is 61.0 Å². The van der Waals surface area contributed by atoms with Crippen molar-refractivity contribution in [2.24, 2.45) is 0 Å². The Balaban J connectivity index is 1.82. The van der Waals surface area contributed by atoms with Crippen LogP contribution in [0.25, 0.3) is 0 Å². The molecule has 3 amide bonds. The molecule has 7 heteroatoms. The number of rotatable bonds is 4. The normalized spacial score (nSPS) is 28.1. The maximum absolute atomic E-state index is 12.0. The van der Waals surface area contributed by atoms with Crippen LogP contribution in [0.4, 0.5) is 0 Å². The summed E-state index contributed by atoms with van der Waals surface area (Å²) in [4.78, 5) is 36.8. The Morgan fingerprint density at radius 3 is 3.00 bits per heavy atom. The molecule has 2 heterocycles. The molecule has 2 fully saturated rings. The van der Waals surface area contributed by atoms with Crippen LogP contribution in [-0.2, 0) is 19.1 Å². The largest absolute Gasteiger partial charge is 0.378 e. The zero-order valence-corrected chi connectivity index (χ0v) is 11.7. The number of hydrogen-bond donors (Lipinski definition) is 2. The second-order valence-electron chi connectivity index (χ2n) is 5.13. The molecule has 0 bridgehead atoms. The quantitative estimate of drug-likeness (QED) is 0.647. The van der Waals surface area contributed by atoms with Crippen molar-refractivity contribution in [2.75, 3.05) is 26.3 Å². The van der Waals surface area contributed by atoms with Gasteiger partial charge in [-0.1, -0.05) is 6.92 Å². The van der Waals surface area contributed by atoms with E-state index in [9.17, 15) is 14.4 Å². The molecule has 2 aliphatic heterocycles. The summed E-state index contributed by atoms with van der Waals surface area (Å²) in [6.45, 7) is 4.98. The van der Waals surface area contributed by atoms with Crippen molar-refractivity contribution in [3.8, 4) is 0 Å². The van der Waals surface area contributed by atoms with E-state index in [2.05, 4.69) is 22.5 Å². The van der Waals surface area contributed by atoms with Gasteiger partial charge in [0.25, 0.3) is 0 Å². The second-order valence-corrected chi connectivity index (χ2v) is 5.13. The van der Waals surface area contributed by atoms with E-state index in [1.165, 1.54) is 0 Å². The number of imide groups is 1. The van der Waals surface area contributed by atoms with Gasteiger partial charge in [-0.25, -0.2) is 0 Å². The van der Waals surface area contributed by atoms with Crippen molar-refractivity contribution in [3.63, 3.8) is 0 Å². The predicted octanol–water partition coefficient (Wildman–Crippen LogP) is -0.981. The molecule has 2 unspecified atom stereocenters. The fourth-order valence-electron chi connectivity index (χ4n) is 2.59. The molecule has 20 heavy (non-hydrogen) atoms. The Labute approximate surface area is 118 Å². The first-order valence-electron chi connectivity index (χ1n) is 7.05. The van der Waals surface area contributed by atoms with Crippen molar-refractivity contribution < 1.29 is 19.1 Å². The highest BCUT2D eigenvalue weighted by Crippen LogP contribution is 2.11. The van der Waals surface area contributed by atoms with Crippen molar-refractivity contribution >= 4 is 17.7 Å². The van der Waals surface area contributed by atoms with Gasteiger partial charge in [-0.2, -0.15) is 0 Å². The van der Waals surface area contributed by atoms with Crippen LogP contribution >= 0.6 is 0 Å². The van der Waals surface area contributed by atoms with Crippen LogP contribution in [0.3, 0.4) is 0 Å². The number of carbonyl (C=O) groups excluding carboxylic acids is 3. The number of amides is 3. The zero-order valence-electron chi connectivity index (χ0n) is 11.7. The van der Waals surface area contributed by atoms with Gasteiger partial charge in [0.15, 0.2) is 0 Å². The Bertz CT molecular complexity index is 399. The number of likely N-dealkylation sites (N-methyl/N-ethyl adjacent to an activating group) is 1. The molecule has 0 aromatic carbocycles. The summed E-state index contributed by atoms with van der Waals surface area (Å²) < 4.78 is 5.39. The summed E-state index contributed by atoms with van der Waals surface area (Å²) in [6.07, 6.45) is 0.949. The monoisotopic (exact) mass is 283 g/mol. The van der Waals surface area contributed by atoms with Crippen molar-refractivity contribution in [1.29, 1.82) is 0 Å². The fraction of sp³-hybridized carbons (Fsp3) is 0.769. The van der Waals surface area contributed by atoms with Gasteiger partial charge in [0, 0.05) is 25.4 Å². The molecular weight excluding hydrogens is 262 g/mol. The minimum absolute atomic E-state index is 0.0574. The maximum atomic E-state index is 12.0. The van der Waals surface area contributed by atoms with Crippen LogP contribution in [0, 0.1) is 0 Å². The molecule has 0 spiro atoms. The van der Waals surface area contributed by atoms with Gasteiger partial charge >= 0.3 is 0 Å². The number of carbonyl (C=O) groups is 3. The molecule has 0 radical (unpaired) electrons. The number of piperidine rings is 1. The summed E-state index contributed by atoms with van der Waals surface area (Å²) in [6, 6.07) is -0.540. The highest BCUT2D eigenvalue weighted by molar-refractivity contribution is 6.01. The van der Waals surface area contributed by atoms with Crippen LogP contribution in [0.15, 0.2) is 0 Å². The fourth-order valence-corrected chi connectivity index (χ4v) is 2.59. The smallest absolute Gasteiger partial charge is 0.249 e. The molecular formula is C13H21N3O4. The Hall–Kier alpha value is -1.47. The van der Waals surface area contributed by atoms with E-state index in [-0.39, 0.29) is 24.3 Å². The summed E-state index contributed by atoms with van der Waals surface area (Å²) in [5.74, 6) is -0.867. The summed E-state index contributed by atoms with van der Waals surface area (Å²) in [7, 11) is 0. The van der Waals surface area contributed by atoms with E-state index in [4.69, 9.17) is 4.74 Å². The van der Waals surface area contributed by atoms with Crippen LogP contribution in [0.1, 0.15) is 26.2 Å². The molecule has 2 rings (SSSR count). The van der Waals surface area contributed by atoms with Gasteiger partial charge in [0.2, 0.25) is 17.7 Å². The van der Waals surface area contributed by atoms with Gasteiger partial charge in [0.05, 0.1) is 13.2 Å². The number of nitrogens with zero attached hydrogens (tertiary/aromatic N) is 1. The van der Waals surface area contributed by atoms with E-state index >= 15 is 0 Å². The molecule has 7 nitrogen and oxygen atoms in total. The summed E-state index contributed by atoms with van der Waals surface area (Å²) >= 11 is 0. The lowest BCUT2D eigenvalue weighted by Gasteiger charge is -2.34. The Kier molecular flexibility index (Phi) is 5.08. The van der Waals surface area contributed by atoms with Crippen LogP contribution in [0.2, 0.25) is 0 Å². The zero-order chi connectivity index (χ0) is 14.5. The molecule has 0 aromatic rings. The average molecular weight is 283 g/mol. The highest BCUT2D eigenvalue weighted by atomic mass is 16.5. The number of ether oxygens (including phenoxy) is 1. The van der Waals surface area contributed by atoms with E-state index in [1.807, 2.05) is 0 Å². The maximum Gasteiger partial charge on any atom is 0.249 e. The van der Waals surface area contributed by atoms with Gasteiger partial charge in [-0.05, 0) is 13.0 Å². The van der Waals surface area contributed by atoms with Gasteiger partial charge in [-0.15, -0.1) is 0 Å². The third-order valence-electron chi connectivity index (χ3n) is 3.75. The Morgan fingerprint density at radius 2 is 2.30 bits per heavy atom. The van der Waals surface area contributed by atoms with Crippen molar-refractivity contribution in [3.05, 3.63) is 0 Å². The average Bonchev–Trinajstić information content (AvgIpc) is 2.42. The van der Waals surface area contributed by atoms with Crippen LogP contribution < -0.4 is 10.6 Å². The standard InChI is InChI=1S/C13H21N3O4/c1-2-16-5-6-20-8-9(16)7-12(18)14-10-3-4-11(17)15-13(10)19/h9-10H,2-8H2,1H3,(H,14,18)(H,15,17,19). The van der Waals surface area contributed by atoms with Crippen LogP contribution in [0.5, 0.6) is 0 Å². The first kappa shape index (κ1) is 14.9. The van der Waals surface area contributed by atoms with Gasteiger partial charge in [0.1, 0.15) is 6.04 Å². The van der Waals surface area contributed by atoms with E-state index in [0.717, 1.165) is 13.1 Å². The SMILES string of the molecule is CCN1CCOCC1CC(=O)NC1CCC(=O)NC1=O. The van der Waals surface area contributed by atoms with E-state index in [0.29, 0.717) is 26.1 Å². The topological polar surface area (TPSA) is 87.7 Å². The lowest BCUT2D eigenvalue weighted by atomic mass is 10.1. The molecule has 2 aliphatic rings. The van der Waals surface area contributed by atoms with Gasteiger partial charge in [-0.3, -0.25) is 24.6 Å². The van der Waals surface area contributed by atoms with E-state index in [1.54, 1.807) is 0 Å². The first-order valence-corrected chi connectivity index (χ1v) is 7.05. The third kappa shape index (κ3) is 3.77. The molecule has 0 aliphatic carbocycles. The molecule has 0 aromatic heterocycles. The number of hydrogen-bond acceptors (Lipinski definition) is 5. The van der Waals surface area contributed by atoms with Crippen molar-refractivity contribution in [2.45, 2.75) is 38.3 Å². The molecule has 112 valence electrons. The minimum atomic E-state index is -0.597. The second kappa shape index (κ2) is 6.81. The molecule has 2 atom stereocenters. The highest BCUT2D eigenvalue weighted by Gasteiger charge is 2.30. The molecule has 0 saturated carbocycles. The minimum Gasteiger partial charge on any atom is -0.378 e. The summed E-state index contributed by atoms with van der Waals surface area (Å²) in [5.41, 5.74) is 0. The summed E-state index contributed by atoms with van der Waals surface area (Å²) in [5, 5.41) is 4.93. The number of nitrogens with one attached hydrogen (secondary N) is 2. The molecule has 2 N–H and O–H groups in total. The first-order chi connectivity index (χ1) is 9.60. The number of morpholine rings is 1. The third-order valence-corrected chi connectivity index (χ3v) is 3.75. The predicted molar refractivity (Wildman–Crippen MR) is 70.8 cm³/mol.